The number of likely N-dealkylation sites (N-methyl/N-ethyl adjacent to an activating group) is 1. The second-order valence-corrected chi connectivity index (χ2v) is 5.64. The third-order valence-electron chi connectivity index (χ3n) is 3.23. The molecule has 0 N–H and O–H groups in total. The van der Waals surface area contributed by atoms with Crippen molar-refractivity contribution in [1.29, 1.82) is 0 Å². The van der Waals surface area contributed by atoms with Gasteiger partial charge < -0.3 is 9.47 Å². The Labute approximate surface area is 117 Å². The summed E-state index contributed by atoms with van der Waals surface area (Å²) < 4.78 is 12.0. The van der Waals surface area contributed by atoms with Gasteiger partial charge in [-0.05, 0) is 43.7 Å². The van der Waals surface area contributed by atoms with Crippen LogP contribution in [-0.2, 0) is 11.3 Å². The van der Waals surface area contributed by atoms with Gasteiger partial charge in [0.1, 0.15) is 5.75 Å². The van der Waals surface area contributed by atoms with E-state index in [1.807, 2.05) is 12.1 Å². The lowest BCUT2D eigenvalue weighted by Gasteiger charge is -2.21. The van der Waals surface area contributed by atoms with Gasteiger partial charge in [0, 0.05) is 24.2 Å². The predicted molar refractivity (Wildman–Crippen MR) is 76.0 cm³/mol. The summed E-state index contributed by atoms with van der Waals surface area (Å²) in [5.74, 6) is 0.902. The lowest BCUT2D eigenvalue weighted by molar-refractivity contribution is 0.0792. The van der Waals surface area contributed by atoms with Crippen LogP contribution in [0.5, 0.6) is 5.75 Å². The highest BCUT2D eigenvalue weighted by molar-refractivity contribution is 9.10. The second-order valence-electron chi connectivity index (χ2n) is 4.79. The van der Waals surface area contributed by atoms with E-state index >= 15 is 0 Å². The molecule has 0 bridgehead atoms. The van der Waals surface area contributed by atoms with E-state index in [4.69, 9.17) is 9.47 Å². The number of halogens is 1. The van der Waals surface area contributed by atoms with Crippen molar-refractivity contribution in [2.24, 2.45) is 0 Å². The molecular formula is C14H20BrNO2. The largest absolute Gasteiger partial charge is 0.497 e. The third kappa shape index (κ3) is 3.70. The van der Waals surface area contributed by atoms with Crippen molar-refractivity contribution in [2.75, 3.05) is 27.3 Å². The van der Waals surface area contributed by atoms with Crippen molar-refractivity contribution in [1.82, 2.24) is 4.90 Å². The Balaban J connectivity index is 1.94. The second kappa shape index (κ2) is 6.55. The van der Waals surface area contributed by atoms with Gasteiger partial charge in [0.15, 0.2) is 0 Å². The molecule has 0 aliphatic carbocycles. The molecule has 0 saturated carbocycles. The zero-order valence-electron chi connectivity index (χ0n) is 11.0. The van der Waals surface area contributed by atoms with Crippen molar-refractivity contribution in [3.05, 3.63) is 28.2 Å². The average molecular weight is 314 g/mol. The molecule has 0 spiro atoms. The quantitative estimate of drug-likeness (QED) is 0.834. The Kier molecular flexibility index (Phi) is 5.03. The number of benzene rings is 1. The molecule has 0 amide bonds. The highest BCUT2D eigenvalue weighted by Crippen LogP contribution is 2.24. The number of ether oxygens (including phenoxy) is 2. The normalized spacial score (nSPS) is 19.4. The highest BCUT2D eigenvalue weighted by atomic mass is 79.9. The van der Waals surface area contributed by atoms with Crippen LogP contribution in [0.4, 0.5) is 0 Å². The molecule has 1 heterocycles. The smallest absolute Gasteiger partial charge is 0.119 e. The van der Waals surface area contributed by atoms with Crippen LogP contribution in [0, 0.1) is 0 Å². The van der Waals surface area contributed by atoms with E-state index in [0.29, 0.717) is 6.10 Å². The van der Waals surface area contributed by atoms with Gasteiger partial charge in [-0.15, -0.1) is 0 Å². The molecule has 1 aromatic rings. The summed E-state index contributed by atoms with van der Waals surface area (Å²) >= 11 is 3.59. The van der Waals surface area contributed by atoms with Crippen molar-refractivity contribution >= 4 is 15.9 Å². The number of nitrogens with zero attached hydrogens (tertiary/aromatic N) is 1. The molecule has 1 saturated heterocycles. The molecule has 1 unspecified atom stereocenters. The molecule has 0 aromatic heterocycles. The third-order valence-corrected chi connectivity index (χ3v) is 4.01. The maximum absolute atomic E-state index is 5.66. The molecule has 4 heteroatoms. The SMILES string of the molecule is COc1ccc(Br)c(CN(C)CC2CCCO2)c1. The number of methoxy groups -OCH3 is 1. The van der Waals surface area contributed by atoms with Crippen LogP contribution in [0.3, 0.4) is 0 Å². The lowest BCUT2D eigenvalue weighted by atomic mass is 10.2. The molecule has 3 nitrogen and oxygen atoms in total. The van der Waals surface area contributed by atoms with Crippen LogP contribution in [0.2, 0.25) is 0 Å². The summed E-state index contributed by atoms with van der Waals surface area (Å²) in [4.78, 5) is 2.30. The molecule has 1 aliphatic heterocycles. The van der Waals surface area contributed by atoms with Crippen molar-refractivity contribution in [3.8, 4) is 5.75 Å². The van der Waals surface area contributed by atoms with Gasteiger partial charge in [-0.3, -0.25) is 4.90 Å². The van der Waals surface area contributed by atoms with Gasteiger partial charge in [-0.1, -0.05) is 15.9 Å². The van der Waals surface area contributed by atoms with Gasteiger partial charge >= 0.3 is 0 Å². The number of rotatable bonds is 5. The van der Waals surface area contributed by atoms with Gasteiger partial charge in [0.25, 0.3) is 0 Å². The van der Waals surface area contributed by atoms with E-state index < -0.39 is 0 Å². The molecule has 1 fully saturated rings. The first-order valence-corrected chi connectivity index (χ1v) is 7.11. The Morgan fingerprint density at radius 2 is 2.33 bits per heavy atom. The Bertz CT molecular complexity index is 391. The fourth-order valence-electron chi connectivity index (χ4n) is 2.29. The van der Waals surface area contributed by atoms with Gasteiger partial charge in [-0.25, -0.2) is 0 Å². The fraction of sp³-hybridized carbons (Fsp3) is 0.571. The van der Waals surface area contributed by atoms with Crippen LogP contribution in [0.1, 0.15) is 18.4 Å². The summed E-state index contributed by atoms with van der Waals surface area (Å²) in [7, 11) is 3.83. The van der Waals surface area contributed by atoms with E-state index in [9.17, 15) is 0 Å². The topological polar surface area (TPSA) is 21.7 Å². The molecule has 1 aromatic carbocycles. The minimum absolute atomic E-state index is 0.402. The minimum Gasteiger partial charge on any atom is -0.497 e. The van der Waals surface area contributed by atoms with Crippen LogP contribution in [-0.4, -0.2) is 38.3 Å². The average Bonchev–Trinajstić information content (AvgIpc) is 2.84. The van der Waals surface area contributed by atoms with E-state index in [-0.39, 0.29) is 0 Å². The van der Waals surface area contributed by atoms with Crippen molar-refractivity contribution in [3.63, 3.8) is 0 Å². The zero-order chi connectivity index (χ0) is 13.0. The summed E-state index contributed by atoms with van der Waals surface area (Å²) in [6.07, 6.45) is 2.78. The number of hydrogen-bond acceptors (Lipinski definition) is 3. The van der Waals surface area contributed by atoms with Crippen LogP contribution < -0.4 is 4.74 Å². The summed E-state index contributed by atoms with van der Waals surface area (Å²) in [6.45, 7) is 2.81. The summed E-state index contributed by atoms with van der Waals surface area (Å²) in [6, 6.07) is 6.08. The molecule has 18 heavy (non-hydrogen) atoms. The first-order valence-electron chi connectivity index (χ1n) is 6.31. The minimum atomic E-state index is 0.402. The summed E-state index contributed by atoms with van der Waals surface area (Å²) in [5, 5.41) is 0. The Morgan fingerprint density at radius 3 is 3.00 bits per heavy atom. The van der Waals surface area contributed by atoms with E-state index in [1.54, 1.807) is 7.11 Å². The van der Waals surface area contributed by atoms with E-state index in [0.717, 1.165) is 29.9 Å². The zero-order valence-corrected chi connectivity index (χ0v) is 12.6. The molecular weight excluding hydrogens is 294 g/mol. The molecule has 2 rings (SSSR count). The van der Waals surface area contributed by atoms with Gasteiger partial charge in [0.05, 0.1) is 13.2 Å². The monoisotopic (exact) mass is 313 g/mol. The first kappa shape index (κ1) is 13.8. The van der Waals surface area contributed by atoms with E-state index in [1.165, 1.54) is 18.4 Å². The first-order chi connectivity index (χ1) is 8.69. The standard InChI is InChI=1S/C14H20BrNO2/c1-16(10-13-4-3-7-18-13)9-11-8-12(17-2)5-6-14(11)15/h5-6,8,13H,3-4,7,9-10H2,1-2H3. The lowest BCUT2D eigenvalue weighted by Crippen LogP contribution is -2.28. The summed E-state index contributed by atoms with van der Waals surface area (Å²) in [5.41, 5.74) is 1.25. The van der Waals surface area contributed by atoms with Crippen LogP contribution >= 0.6 is 15.9 Å². The highest BCUT2D eigenvalue weighted by Gasteiger charge is 2.17. The predicted octanol–water partition coefficient (Wildman–Crippen LogP) is 3.07. The van der Waals surface area contributed by atoms with Crippen molar-refractivity contribution < 1.29 is 9.47 Å². The molecule has 100 valence electrons. The van der Waals surface area contributed by atoms with Crippen molar-refractivity contribution in [2.45, 2.75) is 25.5 Å². The number of hydrogen-bond donors (Lipinski definition) is 0. The Morgan fingerprint density at radius 1 is 1.50 bits per heavy atom. The maximum atomic E-state index is 5.66. The molecule has 1 aliphatic rings. The maximum Gasteiger partial charge on any atom is 0.119 e. The van der Waals surface area contributed by atoms with Gasteiger partial charge in [0.2, 0.25) is 0 Å². The van der Waals surface area contributed by atoms with Crippen LogP contribution in [0.25, 0.3) is 0 Å². The molecule has 1 atom stereocenters. The Hall–Kier alpha value is -0.580. The van der Waals surface area contributed by atoms with E-state index in [2.05, 4.69) is 33.9 Å². The fourth-order valence-corrected chi connectivity index (χ4v) is 2.66. The van der Waals surface area contributed by atoms with Gasteiger partial charge in [-0.2, -0.15) is 0 Å². The van der Waals surface area contributed by atoms with Crippen LogP contribution in [0.15, 0.2) is 22.7 Å². The molecule has 0 radical (unpaired) electrons.